The SMILES string of the molecule is CCCCOc1cc(OCC)cc2c1-c1c(OCCN(CC)CC)cccc1C2=O. The summed E-state index contributed by atoms with van der Waals surface area (Å²) in [4.78, 5) is 15.5. The Hall–Kier alpha value is -2.53. The van der Waals surface area contributed by atoms with Gasteiger partial charge in [-0.1, -0.05) is 39.3 Å². The molecular formula is C25H33NO4. The van der Waals surface area contributed by atoms with Crippen LogP contribution in [-0.4, -0.2) is 50.1 Å². The molecule has 0 unspecified atom stereocenters. The molecule has 2 aromatic rings. The predicted octanol–water partition coefficient (Wildman–Crippen LogP) is 5.20. The number of hydrogen-bond acceptors (Lipinski definition) is 5. The molecule has 0 heterocycles. The molecule has 2 aromatic carbocycles. The number of ether oxygens (including phenoxy) is 3. The highest BCUT2D eigenvalue weighted by atomic mass is 16.5. The van der Waals surface area contributed by atoms with Crippen LogP contribution in [0.4, 0.5) is 0 Å². The van der Waals surface area contributed by atoms with Gasteiger partial charge in [0.15, 0.2) is 5.78 Å². The molecule has 0 spiro atoms. The number of rotatable bonds is 12. The Bertz CT molecular complexity index is 874. The highest BCUT2D eigenvalue weighted by Crippen LogP contribution is 2.49. The number of likely N-dealkylation sites (N-methyl/N-ethyl adjacent to an activating group) is 1. The first-order valence-corrected chi connectivity index (χ1v) is 11.1. The summed E-state index contributed by atoms with van der Waals surface area (Å²) in [5.41, 5.74) is 2.96. The fourth-order valence-electron chi connectivity index (χ4n) is 3.79. The van der Waals surface area contributed by atoms with E-state index in [1.807, 2.05) is 37.3 Å². The van der Waals surface area contributed by atoms with E-state index in [0.717, 1.165) is 49.4 Å². The van der Waals surface area contributed by atoms with Gasteiger partial charge in [-0.3, -0.25) is 4.79 Å². The molecule has 5 heteroatoms. The average molecular weight is 412 g/mol. The molecule has 0 radical (unpaired) electrons. The van der Waals surface area contributed by atoms with E-state index >= 15 is 0 Å². The summed E-state index contributed by atoms with van der Waals surface area (Å²) in [5.74, 6) is 2.08. The monoisotopic (exact) mass is 411 g/mol. The molecule has 0 saturated carbocycles. The van der Waals surface area contributed by atoms with Gasteiger partial charge in [0, 0.05) is 34.9 Å². The maximum atomic E-state index is 13.2. The summed E-state index contributed by atoms with van der Waals surface area (Å²) in [7, 11) is 0. The van der Waals surface area contributed by atoms with Gasteiger partial charge in [-0.05, 0) is 38.6 Å². The van der Waals surface area contributed by atoms with Gasteiger partial charge in [-0.15, -0.1) is 0 Å². The minimum Gasteiger partial charge on any atom is -0.494 e. The highest BCUT2D eigenvalue weighted by molar-refractivity contribution is 6.23. The Kier molecular flexibility index (Phi) is 7.75. The lowest BCUT2D eigenvalue weighted by molar-refractivity contribution is 0.104. The van der Waals surface area contributed by atoms with Crippen LogP contribution in [0.5, 0.6) is 17.2 Å². The summed E-state index contributed by atoms with van der Waals surface area (Å²) in [5, 5.41) is 0. The van der Waals surface area contributed by atoms with Crippen LogP contribution in [0.1, 0.15) is 56.5 Å². The van der Waals surface area contributed by atoms with E-state index in [1.165, 1.54) is 0 Å². The number of fused-ring (bicyclic) bond motifs is 3. The summed E-state index contributed by atoms with van der Waals surface area (Å²) >= 11 is 0. The molecule has 0 fully saturated rings. The standard InChI is InChI=1S/C25H33NO4/c1-5-9-14-29-22-17-18(28-8-4)16-20-24(22)23-19(25(20)27)11-10-12-21(23)30-15-13-26(6-2)7-3/h10-12,16-17H,5-9,13-15H2,1-4H3. The van der Waals surface area contributed by atoms with Gasteiger partial charge >= 0.3 is 0 Å². The van der Waals surface area contributed by atoms with E-state index in [9.17, 15) is 4.79 Å². The first-order chi connectivity index (χ1) is 14.6. The van der Waals surface area contributed by atoms with Gasteiger partial charge in [-0.25, -0.2) is 0 Å². The molecule has 0 atom stereocenters. The zero-order valence-electron chi connectivity index (χ0n) is 18.6. The second-order valence-corrected chi connectivity index (χ2v) is 7.36. The lowest BCUT2D eigenvalue weighted by Gasteiger charge is -2.19. The Morgan fingerprint density at radius 2 is 1.57 bits per heavy atom. The zero-order chi connectivity index (χ0) is 21.5. The quantitative estimate of drug-likeness (QED) is 0.384. The van der Waals surface area contributed by atoms with Crippen molar-refractivity contribution in [2.45, 2.75) is 40.5 Å². The molecule has 5 nitrogen and oxygen atoms in total. The van der Waals surface area contributed by atoms with E-state index in [-0.39, 0.29) is 5.78 Å². The van der Waals surface area contributed by atoms with E-state index in [1.54, 1.807) is 0 Å². The molecule has 0 bridgehead atoms. The predicted molar refractivity (Wildman–Crippen MR) is 120 cm³/mol. The Labute approximate surface area is 179 Å². The number of hydrogen-bond donors (Lipinski definition) is 0. The van der Waals surface area contributed by atoms with Crippen LogP contribution in [0.2, 0.25) is 0 Å². The number of benzene rings is 2. The van der Waals surface area contributed by atoms with Crippen LogP contribution in [0.15, 0.2) is 30.3 Å². The molecule has 1 aliphatic carbocycles. The summed E-state index contributed by atoms with van der Waals surface area (Å²) < 4.78 is 18.0. The van der Waals surface area contributed by atoms with Crippen molar-refractivity contribution in [3.05, 3.63) is 41.5 Å². The van der Waals surface area contributed by atoms with E-state index in [4.69, 9.17) is 14.2 Å². The summed E-state index contributed by atoms with van der Waals surface area (Å²) in [6.07, 6.45) is 2.00. The maximum Gasteiger partial charge on any atom is 0.194 e. The maximum absolute atomic E-state index is 13.2. The second-order valence-electron chi connectivity index (χ2n) is 7.36. The fourth-order valence-corrected chi connectivity index (χ4v) is 3.79. The van der Waals surface area contributed by atoms with Gasteiger partial charge in [0.25, 0.3) is 0 Å². The lowest BCUT2D eigenvalue weighted by Crippen LogP contribution is -2.28. The highest BCUT2D eigenvalue weighted by Gasteiger charge is 2.33. The van der Waals surface area contributed by atoms with Gasteiger partial charge in [0.05, 0.1) is 13.2 Å². The van der Waals surface area contributed by atoms with Crippen LogP contribution in [0.3, 0.4) is 0 Å². The fraction of sp³-hybridized carbons (Fsp3) is 0.480. The lowest BCUT2D eigenvalue weighted by atomic mass is 10.0. The number of unbranched alkanes of at least 4 members (excludes halogenated alkanes) is 1. The molecule has 3 rings (SSSR count). The summed E-state index contributed by atoms with van der Waals surface area (Å²) in [6.45, 7) is 12.9. The topological polar surface area (TPSA) is 48.0 Å². The first kappa shape index (κ1) is 22.2. The third-order valence-corrected chi connectivity index (χ3v) is 5.47. The van der Waals surface area contributed by atoms with Gasteiger partial charge in [0.1, 0.15) is 23.9 Å². The largest absolute Gasteiger partial charge is 0.494 e. The Morgan fingerprint density at radius 3 is 2.27 bits per heavy atom. The molecule has 0 aliphatic heterocycles. The van der Waals surface area contributed by atoms with Crippen molar-refractivity contribution in [1.82, 2.24) is 4.90 Å². The number of carbonyl (C=O) groups excluding carboxylic acids is 1. The van der Waals surface area contributed by atoms with Crippen molar-refractivity contribution in [3.63, 3.8) is 0 Å². The Balaban J connectivity index is 1.98. The van der Waals surface area contributed by atoms with E-state index < -0.39 is 0 Å². The minimum atomic E-state index is -0.00362. The van der Waals surface area contributed by atoms with E-state index in [2.05, 4.69) is 25.7 Å². The molecule has 0 saturated heterocycles. The Morgan fingerprint density at radius 1 is 0.833 bits per heavy atom. The molecular weight excluding hydrogens is 378 g/mol. The minimum absolute atomic E-state index is 0.00362. The number of ketones is 1. The van der Waals surface area contributed by atoms with Crippen molar-refractivity contribution in [2.24, 2.45) is 0 Å². The van der Waals surface area contributed by atoms with Crippen molar-refractivity contribution < 1.29 is 19.0 Å². The molecule has 0 amide bonds. The zero-order valence-corrected chi connectivity index (χ0v) is 18.6. The van der Waals surface area contributed by atoms with Gasteiger partial charge in [-0.2, -0.15) is 0 Å². The van der Waals surface area contributed by atoms with Crippen molar-refractivity contribution in [2.75, 3.05) is 39.5 Å². The smallest absolute Gasteiger partial charge is 0.194 e. The second kappa shape index (κ2) is 10.5. The van der Waals surface area contributed by atoms with Crippen molar-refractivity contribution in [3.8, 4) is 28.4 Å². The normalized spacial score (nSPS) is 12.1. The van der Waals surface area contributed by atoms with Crippen molar-refractivity contribution in [1.29, 1.82) is 0 Å². The van der Waals surface area contributed by atoms with E-state index in [0.29, 0.717) is 42.4 Å². The van der Waals surface area contributed by atoms with Crippen molar-refractivity contribution >= 4 is 5.78 Å². The van der Waals surface area contributed by atoms with Crippen LogP contribution in [0.25, 0.3) is 11.1 Å². The number of nitrogens with zero attached hydrogens (tertiary/aromatic N) is 1. The molecule has 0 N–H and O–H groups in total. The summed E-state index contributed by atoms with van der Waals surface area (Å²) in [6, 6.07) is 9.41. The number of carbonyl (C=O) groups is 1. The molecule has 30 heavy (non-hydrogen) atoms. The van der Waals surface area contributed by atoms with Crippen LogP contribution < -0.4 is 14.2 Å². The van der Waals surface area contributed by atoms with Crippen LogP contribution in [0, 0.1) is 0 Å². The molecule has 162 valence electrons. The molecule has 1 aliphatic rings. The van der Waals surface area contributed by atoms with Crippen LogP contribution in [-0.2, 0) is 0 Å². The van der Waals surface area contributed by atoms with Gasteiger partial charge in [0.2, 0.25) is 0 Å². The van der Waals surface area contributed by atoms with Crippen LogP contribution >= 0.6 is 0 Å². The average Bonchev–Trinajstić information content (AvgIpc) is 3.05. The first-order valence-electron chi connectivity index (χ1n) is 11.1. The third kappa shape index (κ3) is 4.62. The third-order valence-electron chi connectivity index (χ3n) is 5.47. The molecule has 0 aromatic heterocycles. The van der Waals surface area contributed by atoms with Gasteiger partial charge < -0.3 is 19.1 Å².